The van der Waals surface area contributed by atoms with Gasteiger partial charge >= 0.3 is 5.97 Å². The maximum atomic E-state index is 13.5. The minimum absolute atomic E-state index is 0.0344. The van der Waals surface area contributed by atoms with E-state index in [-0.39, 0.29) is 31.3 Å². The summed E-state index contributed by atoms with van der Waals surface area (Å²) in [7, 11) is 1.15. The van der Waals surface area contributed by atoms with Gasteiger partial charge in [0, 0.05) is 12.8 Å². The summed E-state index contributed by atoms with van der Waals surface area (Å²) in [5.74, 6) is -0.584. The SMILES string of the molecule is CC/C=C\C/C=C\C/C=C\C/C=C\C/C=C\CCCCCCCC(=O)NC(COP(=O)([O-])OCC[N+](C)(C)C)C(/C=C/CCCCCCCCCCC)OC(=O)CCCCCCCC/C=C\C/C=C\C/C=C\CCCCC. The molecule has 3 unspecified atom stereocenters. The molecule has 3 atom stereocenters. The van der Waals surface area contributed by atoms with Gasteiger partial charge in [-0.05, 0) is 115 Å². The van der Waals surface area contributed by atoms with Crippen molar-refractivity contribution in [2.45, 2.75) is 264 Å². The molecule has 0 saturated heterocycles. The molecule has 10 heteroatoms. The summed E-state index contributed by atoms with van der Waals surface area (Å²) in [5.41, 5.74) is 0. The maximum absolute atomic E-state index is 13.5. The van der Waals surface area contributed by atoms with Crippen LogP contribution < -0.4 is 10.2 Å². The number of carbonyl (C=O) groups is 2. The van der Waals surface area contributed by atoms with E-state index in [0.29, 0.717) is 23.9 Å². The summed E-state index contributed by atoms with van der Waals surface area (Å²) in [6.07, 6.45) is 76.2. The third-order valence-corrected chi connectivity index (χ3v) is 14.2. The second kappa shape index (κ2) is 56.0. The van der Waals surface area contributed by atoms with Gasteiger partial charge in [-0.2, -0.15) is 0 Å². The highest BCUT2D eigenvalue weighted by atomic mass is 31.2. The molecule has 0 aromatic rings. The van der Waals surface area contributed by atoms with Crippen molar-refractivity contribution in [1.82, 2.24) is 5.32 Å². The molecule has 9 nitrogen and oxygen atoms in total. The zero-order valence-corrected chi connectivity index (χ0v) is 51.3. The third kappa shape index (κ3) is 57.2. The number of hydrogen-bond acceptors (Lipinski definition) is 7. The van der Waals surface area contributed by atoms with Crippen LogP contribution in [0, 0.1) is 0 Å². The van der Waals surface area contributed by atoms with E-state index in [4.69, 9.17) is 13.8 Å². The number of nitrogens with one attached hydrogen (secondary N) is 1. The molecule has 0 saturated carbocycles. The van der Waals surface area contributed by atoms with Crippen LogP contribution in [-0.2, 0) is 27.9 Å². The van der Waals surface area contributed by atoms with Crippen molar-refractivity contribution in [1.29, 1.82) is 0 Å². The van der Waals surface area contributed by atoms with E-state index in [9.17, 15) is 19.0 Å². The van der Waals surface area contributed by atoms with E-state index >= 15 is 0 Å². The fourth-order valence-electron chi connectivity index (χ4n) is 8.38. The molecule has 0 aliphatic carbocycles. The van der Waals surface area contributed by atoms with Gasteiger partial charge in [-0.1, -0.05) is 233 Å². The highest BCUT2D eigenvalue weighted by molar-refractivity contribution is 7.45. The number of phosphoric ester groups is 1. The van der Waals surface area contributed by atoms with Crippen LogP contribution >= 0.6 is 7.82 Å². The van der Waals surface area contributed by atoms with Crippen molar-refractivity contribution in [3.05, 3.63) is 109 Å². The van der Waals surface area contributed by atoms with E-state index in [1.807, 2.05) is 33.3 Å². The largest absolute Gasteiger partial charge is 0.756 e. The molecule has 0 heterocycles. The number of ether oxygens (including phenoxy) is 1. The number of nitrogens with zero attached hydrogens (tertiary/aromatic N) is 1. The third-order valence-electron chi connectivity index (χ3n) is 13.2. The molecule has 0 fully saturated rings. The Kier molecular flexibility index (Phi) is 53.5. The van der Waals surface area contributed by atoms with Crippen LogP contribution in [0.4, 0.5) is 0 Å². The molecule has 1 N–H and O–H groups in total. The average Bonchev–Trinajstić information content (AvgIpc) is 3.39. The number of esters is 1. The second-order valence-corrected chi connectivity index (χ2v) is 23.2. The van der Waals surface area contributed by atoms with Crippen molar-refractivity contribution in [3.8, 4) is 0 Å². The number of hydrogen-bond donors (Lipinski definition) is 1. The molecule has 0 bridgehead atoms. The van der Waals surface area contributed by atoms with E-state index in [1.54, 1.807) is 0 Å². The summed E-state index contributed by atoms with van der Waals surface area (Å²) >= 11 is 0. The van der Waals surface area contributed by atoms with Gasteiger partial charge in [0.25, 0.3) is 7.82 Å². The zero-order valence-electron chi connectivity index (χ0n) is 50.4. The van der Waals surface area contributed by atoms with Crippen LogP contribution in [0.5, 0.6) is 0 Å². The number of rotatable bonds is 55. The topological polar surface area (TPSA) is 114 Å². The van der Waals surface area contributed by atoms with Crippen molar-refractivity contribution in [3.63, 3.8) is 0 Å². The molecule has 0 aliphatic rings. The molecule has 77 heavy (non-hydrogen) atoms. The number of quaternary nitrogens is 1. The van der Waals surface area contributed by atoms with E-state index in [1.165, 1.54) is 70.6 Å². The maximum Gasteiger partial charge on any atom is 0.306 e. The van der Waals surface area contributed by atoms with Gasteiger partial charge in [-0.3, -0.25) is 14.2 Å². The Morgan fingerprint density at radius 1 is 0.468 bits per heavy atom. The molecule has 0 radical (unpaired) electrons. The molecular formula is C67H117N2O7P. The van der Waals surface area contributed by atoms with Crippen molar-refractivity contribution in [2.75, 3.05) is 40.9 Å². The number of carbonyl (C=O) groups excluding carboxylic acids is 2. The quantitative estimate of drug-likeness (QED) is 0.0212. The Hall–Kier alpha value is -3.33. The predicted octanol–water partition coefficient (Wildman–Crippen LogP) is 18.7. The van der Waals surface area contributed by atoms with Crippen LogP contribution in [0.3, 0.4) is 0 Å². The Morgan fingerprint density at radius 3 is 1.27 bits per heavy atom. The van der Waals surface area contributed by atoms with Crippen LogP contribution in [0.1, 0.15) is 252 Å². The number of likely N-dealkylation sites (N-methyl/N-ethyl adjacent to an activating group) is 1. The molecule has 0 aromatic heterocycles. The first-order valence-corrected chi connectivity index (χ1v) is 32.7. The monoisotopic (exact) mass is 1090 g/mol. The second-order valence-electron chi connectivity index (χ2n) is 21.8. The number of allylic oxidation sites excluding steroid dienone is 17. The Balaban J connectivity index is 5.29. The van der Waals surface area contributed by atoms with Gasteiger partial charge in [0.1, 0.15) is 19.3 Å². The number of unbranched alkanes of at least 4 members (excludes halogenated alkanes) is 23. The summed E-state index contributed by atoms with van der Waals surface area (Å²) < 4.78 is 30.3. The summed E-state index contributed by atoms with van der Waals surface area (Å²) in [6, 6.07) is -0.911. The minimum Gasteiger partial charge on any atom is -0.756 e. The van der Waals surface area contributed by atoms with Gasteiger partial charge in [-0.25, -0.2) is 0 Å². The van der Waals surface area contributed by atoms with Gasteiger partial charge in [-0.15, -0.1) is 0 Å². The highest BCUT2D eigenvalue weighted by Gasteiger charge is 2.27. The van der Waals surface area contributed by atoms with Crippen molar-refractivity contribution < 1.29 is 37.3 Å². The summed E-state index contributed by atoms with van der Waals surface area (Å²) in [5, 5.41) is 3.01. The molecule has 0 rings (SSSR count). The smallest absolute Gasteiger partial charge is 0.306 e. The normalized spacial score (nSPS) is 14.4. The molecule has 442 valence electrons. The van der Waals surface area contributed by atoms with Crippen LogP contribution in [0.15, 0.2) is 109 Å². The van der Waals surface area contributed by atoms with Gasteiger partial charge in [0.15, 0.2) is 0 Å². The lowest BCUT2D eigenvalue weighted by molar-refractivity contribution is -0.870. The van der Waals surface area contributed by atoms with Gasteiger partial charge < -0.3 is 28.5 Å². The van der Waals surface area contributed by atoms with Crippen molar-refractivity contribution in [2.24, 2.45) is 0 Å². The minimum atomic E-state index is -4.71. The molecule has 0 aromatic carbocycles. The van der Waals surface area contributed by atoms with E-state index in [0.717, 1.165) is 135 Å². The van der Waals surface area contributed by atoms with Crippen molar-refractivity contribution >= 4 is 19.7 Å². The first kappa shape index (κ1) is 73.7. The fraction of sp³-hybridized carbons (Fsp3) is 0.701. The zero-order chi connectivity index (χ0) is 56.4. The Labute approximate surface area is 474 Å². The highest BCUT2D eigenvalue weighted by Crippen LogP contribution is 2.38. The number of phosphoric acid groups is 1. The molecular weight excluding hydrogens is 976 g/mol. The van der Waals surface area contributed by atoms with E-state index < -0.39 is 26.6 Å². The first-order valence-electron chi connectivity index (χ1n) is 31.2. The lowest BCUT2D eigenvalue weighted by atomic mass is 10.1. The lowest BCUT2D eigenvalue weighted by Gasteiger charge is -2.30. The van der Waals surface area contributed by atoms with Crippen LogP contribution in [-0.4, -0.2) is 69.4 Å². The summed E-state index contributed by atoms with van der Waals surface area (Å²) in [4.78, 5) is 40.0. The Morgan fingerprint density at radius 2 is 0.831 bits per heavy atom. The fourth-order valence-corrected chi connectivity index (χ4v) is 9.10. The van der Waals surface area contributed by atoms with Gasteiger partial charge in [0.05, 0.1) is 33.8 Å². The molecule has 1 amide bonds. The average molecular weight is 1090 g/mol. The molecule has 0 aliphatic heterocycles. The predicted molar refractivity (Wildman–Crippen MR) is 330 cm³/mol. The van der Waals surface area contributed by atoms with Crippen LogP contribution in [0.2, 0.25) is 0 Å². The van der Waals surface area contributed by atoms with Crippen LogP contribution in [0.25, 0.3) is 0 Å². The van der Waals surface area contributed by atoms with E-state index in [2.05, 4.69) is 123 Å². The summed E-state index contributed by atoms with van der Waals surface area (Å²) in [6.45, 7) is 6.66. The Bertz CT molecular complexity index is 1690. The van der Waals surface area contributed by atoms with Gasteiger partial charge in [0.2, 0.25) is 5.91 Å². The lowest BCUT2D eigenvalue weighted by Crippen LogP contribution is -2.47. The number of amides is 1. The standard InChI is InChI=1S/C67H117N2O7P/c1-7-10-13-16-19-22-25-27-29-31-33-34-36-37-39-41-44-47-50-53-56-59-66(70)68-64(63-75-77(72,73)74-62-61-69(4,5)6)65(58-55-52-49-46-43-24-21-18-15-12-9-3)76-67(71)60-57-54-51-48-45-42-40-38-35-32-30-28-26-23-20-17-14-11-8-2/h10,13,19-20,22-23,27-30,33-35,37-39,55,58,64-65H,7-9,11-12,14-18,21,24-26,31-32,36,40-54,56-57,59-63H2,1-6H3,(H-,68,70,72,73)/b13-10-,22-19-,23-20-,29-27-,30-28-,34-33-,38-35-,39-37-,58-55+. The first-order chi connectivity index (χ1) is 37.4. The molecule has 0 spiro atoms.